The van der Waals surface area contributed by atoms with Crippen molar-refractivity contribution in [2.75, 3.05) is 13.1 Å². The van der Waals surface area contributed by atoms with Crippen LogP contribution in [0.3, 0.4) is 0 Å². The van der Waals surface area contributed by atoms with E-state index in [1.165, 1.54) is 24.4 Å². The van der Waals surface area contributed by atoms with Gasteiger partial charge in [0.15, 0.2) is 0 Å². The molecule has 0 radical (unpaired) electrons. The lowest BCUT2D eigenvalue weighted by atomic mass is 10.4. The van der Waals surface area contributed by atoms with E-state index in [-0.39, 0.29) is 5.91 Å². The van der Waals surface area contributed by atoms with Crippen molar-refractivity contribution in [3.05, 3.63) is 17.1 Å². The monoisotopic (exact) mass is 197 g/mol. The van der Waals surface area contributed by atoms with Crippen molar-refractivity contribution in [2.24, 2.45) is 0 Å². The van der Waals surface area contributed by atoms with E-state index in [1.807, 2.05) is 5.01 Å². The molecule has 1 aliphatic rings. The predicted octanol–water partition coefficient (Wildman–Crippen LogP) is 0.884. The first-order chi connectivity index (χ1) is 6.36. The molecule has 2 heterocycles. The van der Waals surface area contributed by atoms with Gasteiger partial charge < -0.3 is 0 Å². The molecule has 1 aliphatic heterocycles. The molecule has 1 N–H and O–H groups in total. The minimum atomic E-state index is -0.0376. The maximum Gasteiger partial charge on any atom is 0.277 e. The third-order valence-electron chi connectivity index (χ3n) is 2.03. The molecule has 0 aliphatic carbocycles. The Morgan fingerprint density at radius 2 is 2.31 bits per heavy atom. The van der Waals surface area contributed by atoms with Gasteiger partial charge in [0.1, 0.15) is 4.88 Å². The van der Waals surface area contributed by atoms with Crippen molar-refractivity contribution in [3.8, 4) is 0 Å². The second kappa shape index (κ2) is 3.85. The van der Waals surface area contributed by atoms with E-state index in [0.29, 0.717) is 4.88 Å². The molecule has 0 bridgehead atoms. The molecule has 1 fully saturated rings. The zero-order valence-corrected chi connectivity index (χ0v) is 8.01. The van der Waals surface area contributed by atoms with Crippen LogP contribution in [0.1, 0.15) is 22.5 Å². The van der Waals surface area contributed by atoms with E-state index >= 15 is 0 Å². The molecule has 1 aromatic heterocycles. The van der Waals surface area contributed by atoms with Crippen molar-refractivity contribution in [1.29, 1.82) is 0 Å². The van der Waals surface area contributed by atoms with Gasteiger partial charge in [0, 0.05) is 19.3 Å². The molecule has 4 nitrogen and oxygen atoms in total. The van der Waals surface area contributed by atoms with Crippen molar-refractivity contribution < 1.29 is 4.79 Å². The number of hydrogen-bond donors (Lipinski definition) is 1. The van der Waals surface area contributed by atoms with Crippen LogP contribution in [0.4, 0.5) is 0 Å². The van der Waals surface area contributed by atoms with E-state index in [1.54, 1.807) is 12.3 Å². The number of nitrogens with one attached hydrogen (secondary N) is 1. The van der Waals surface area contributed by atoms with Crippen LogP contribution in [0.2, 0.25) is 0 Å². The number of aromatic nitrogens is 1. The van der Waals surface area contributed by atoms with Gasteiger partial charge in [-0.2, -0.15) is 0 Å². The standard InChI is InChI=1S/C8H11N3OS/c12-8(7-3-4-9-13-7)10-11-5-1-2-6-11/h3-4H,1-2,5-6H2,(H,10,12). The summed E-state index contributed by atoms with van der Waals surface area (Å²) in [7, 11) is 0. The molecule has 0 spiro atoms. The fraction of sp³-hybridized carbons (Fsp3) is 0.500. The van der Waals surface area contributed by atoms with E-state index < -0.39 is 0 Å². The van der Waals surface area contributed by atoms with Crippen LogP contribution in [0.5, 0.6) is 0 Å². The second-order valence-corrected chi connectivity index (χ2v) is 3.84. The summed E-state index contributed by atoms with van der Waals surface area (Å²) in [5.74, 6) is -0.0376. The number of rotatable bonds is 2. The van der Waals surface area contributed by atoms with Gasteiger partial charge in [-0.25, -0.2) is 9.38 Å². The van der Waals surface area contributed by atoms with Crippen LogP contribution in [-0.2, 0) is 0 Å². The van der Waals surface area contributed by atoms with E-state index in [4.69, 9.17) is 0 Å². The lowest BCUT2D eigenvalue weighted by Crippen LogP contribution is -2.39. The second-order valence-electron chi connectivity index (χ2n) is 3.01. The number of hydrazine groups is 1. The SMILES string of the molecule is O=C(NN1CCCC1)c1ccns1. The Morgan fingerprint density at radius 1 is 1.54 bits per heavy atom. The molecule has 0 aromatic carbocycles. The first-order valence-corrected chi connectivity index (χ1v) is 5.10. The summed E-state index contributed by atoms with van der Waals surface area (Å²) in [5, 5.41) is 1.96. The molecule has 1 saturated heterocycles. The van der Waals surface area contributed by atoms with Gasteiger partial charge in [-0.05, 0) is 30.4 Å². The number of carbonyl (C=O) groups is 1. The largest absolute Gasteiger partial charge is 0.284 e. The van der Waals surface area contributed by atoms with Crippen molar-refractivity contribution in [1.82, 2.24) is 14.8 Å². The molecule has 0 saturated carbocycles. The molecule has 2 rings (SSSR count). The Balaban J connectivity index is 1.91. The highest BCUT2D eigenvalue weighted by atomic mass is 32.1. The summed E-state index contributed by atoms with van der Waals surface area (Å²) in [5.41, 5.74) is 2.85. The summed E-state index contributed by atoms with van der Waals surface area (Å²) in [6, 6.07) is 1.73. The third-order valence-corrected chi connectivity index (χ3v) is 2.77. The van der Waals surface area contributed by atoms with Crippen molar-refractivity contribution in [3.63, 3.8) is 0 Å². The molecular formula is C8H11N3OS. The number of carbonyl (C=O) groups excluding carboxylic acids is 1. The Kier molecular flexibility index (Phi) is 2.56. The van der Waals surface area contributed by atoms with Crippen LogP contribution in [0, 0.1) is 0 Å². The quantitative estimate of drug-likeness (QED) is 0.765. The molecule has 1 aromatic rings. The fourth-order valence-electron chi connectivity index (χ4n) is 1.36. The molecule has 13 heavy (non-hydrogen) atoms. The first-order valence-electron chi connectivity index (χ1n) is 4.33. The summed E-state index contributed by atoms with van der Waals surface area (Å²) in [6.45, 7) is 1.93. The highest BCUT2D eigenvalue weighted by Crippen LogP contribution is 2.07. The highest BCUT2D eigenvalue weighted by Gasteiger charge is 2.15. The van der Waals surface area contributed by atoms with Crippen molar-refractivity contribution in [2.45, 2.75) is 12.8 Å². The van der Waals surface area contributed by atoms with Crippen LogP contribution in [-0.4, -0.2) is 28.4 Å². The summed E-state index contributed by atoms with van der Waals surface area (Å²) >= 11 is 1.23. The van der Waals surface area contributed by atoms with Gasteiger partial charge in [0.25, 0.3) is 5.91 Å². The van der Waals surface area contributed by atoms with Gasteiger partial charge in [-0.3, -0.25) is 10.2 Å². The molecule has 0 unspecified atom stereocenters. The lowest BCUT2D eigenvalue weighted by Gasteiger charge is -2.14. The number of hydrogen-bond acceptors (Lipinski definition) is 4. The average molecular weight is 197 g/mol. The van der Waals surface area contributed by atoms with Gasteiger partial charge in [-0.15, -0.1) is 0 Å². The van der Waals surface area contributed by atoms with E-state index in [9.17, 15) is 4.79 Å². The Bertz CT molecular complexity index is 280. The topological polar surface area (TPSA) is 45.2 Å². The summed E-state index contributed by atoms with van der Waals surface area (Å²) < 4.78 is 3.88. The van der Waals surface area contributed by atoms with Gasteiger partial charge in [0.05, 0.1) is 0 Å². The number of amides is 1. The van der Waals surface area contributed by atoms with E-state index in [2.05, 4.69) is 9.80 Å². The Hall–Kier alpha value is -0.940. The van der Waals surface area contributed by atoms with Crippen LogP contribution < -0.4 is 5.43 Å². The van der Waals surface area contributed by atoms with Gasteiger partial charge in [-0.1, -0.05) is 0 Å². The maximum atomic E-state index is 11.5. The summed E-state index contributed by atoms with van der Waals surface area (Å²) in [4.78, 5) is 12.2. The predicted molar refractivity (Wildman–Crippen MR) is 50.4 cm³/mol. The fourth-order valence-corrected chi connectivity index (χ4v) is 1.85. The normalized spacial score (nSPS) is 17.5. The molecule has 70 valence electrons. The number of nitrogens with zero attached hydrogens (tertiary/aromatic N) is 2. The van der Waals surface area contributed by atoms with Gasteiger partial charge >= 0.3 is 0 Å². The van der Waals surface area contributed by atoms with E-state index in [0.717, 1.165) is 13.1 Å². The zero-order chi connectivity index (χ0) is 9.10. The lowest BCUT2D eigenvalue weighted by molar-refractivity contribution is 0.0830. The molecule has 5 heteroatoms. The smallest absolute Gasteiger partial charge is 0.277 e. The van der Waals surface area contributed by atoms with Crippen molar-refractivity contribution >= 4 is 17.4 Å². The summed E-state index contributed by atoms with van der Waals surface area (Å²) in [6.07, 6.45) is 3.98. The van der Waals surface area contributed by atoms with Crippen LogP contribution >= 0.6 is 11.5 Å². The minimum absolute atomic E-state index is 0.0376. The Morgan fingerprint density at radius 3 is 2.92 bits per heavy atom. The highest BCUT2D eigenvalue weighted by molar-refractivity contribution is 7.08. The molecular weight excluding hydrogens is 186 g/mol. The maximum absolute atomic E-state index is 11.5. The van der Waals surface area contributed by atoms with Crippen LogP contribution in [0.15, 0.2) is 12.3 Å². The zero-order valence-electron chi connectivity index (χ0n) is 7.19. The average Bonchev–Trinajstić information content (AvgIpc) is 2.74. The Labute approximate surface area is 80.7 Å². The molecule has 1 amide bonds. The molecule has 0 atom stereocenters. The third kappa shape index (κ3) is 2.05. The minimum Gasteiger partial charge on any atom is -0.284 e. The first kappa shape index (κ1) is 8.65. The van der Waals surface area contributed by atoms with Gasteiger partial charge in [0.2, 0.25) is 0 Å². The van der Waals surface area contributed by atoms with Crippen LogP contribution in [0.25, 0.3) is 0 Å².